The summed E-state index contributed by atoms with van der Waals surface area (Å²) in [4.78, 5) is 4.18. The number of rotatable bonds is 0. The summed E-state index contributed by atoms with van der Waals surface area (Å²) in [6, 6.07) is 7.81. The molecule has 0 amide bonds. The van der Waals surface area contributed by atoms with Crippen LogP contribution in [0.3, 0.4) is 0 Å². The molecule has 0 aliphatic heterocycles. The zero-order chi connectivity index (χ0) is 8.55. The Labute approximate surface area is 88.9 Å². The second kappa shape index (κ2) is 3.18. The van der Waals surface area contributed by atoms with Crippen LogP contribution in [0.4, 0.5) is 0 Å². The van der Waals surface area contributed by atoms with Crippen LogP contribution in [0.2, 0.25) is 5.02 Å². The summed E-state index contributed by atoms with van der Waals surface area (Å²) in [5, 5.41) is 3.05. The maximum Gasteiger partial charge on any atom is 0.109 e. The molecule has 0 fully saturated rings. The van der Waals surface area contributed by atoms with E-state index in [2.05, 4.69) is 27.6 Å². The smallest absolute Gasteiger partial charge is 0.109 e. The highest BCUT2D eigenvalue weighted by molar-refractivity contribution is 14.1. The average molecular weight is 290 g/mol. The lowest BCUT2D eigenvalue weighted by atomic mass is 10.2. The number of aromatic nitrogens is 1. The molecular weight excluding hydrogens is 284 g/mol. The molecule has 0 atom stereocenters. The molecule has 0 bridgehead atoms. The fourth-order valence-electron chi connectivity index (χ4n) is 1.11. The third-order valence-electron chi connectivity index (χ3n) is 1.68. The van der Waals surface area contributed by atoms with Crippen LogP contribution >= 0.6 is 34.2 Å². The predicted octanol–water partition coefficient (Wildman–Crippen LogP) is 3.49. The van der Waals surface area contributed by atoms with E-state index in [1.165, 1.54) is 5.39 Å². The normalized spacial score (nSPS) is 10.5. The Kier molecular flexibility index (Phi) is 2.19. The van der Waals surface area contributed by atoms with E-state index in [0.29, 0.717) is 0 Å². The topological polar surface area (TPSA) is 12.9 Å². The highest BCUT2D eigenvalue weighted by Gasteiger charge is 1.98. The van der Waals surface area contributed by atoms with Crippen molar-refractivity contribution in [3.8, 4) is 0 Å². The molecule has 60 valence electrons. The van der Waals surface area contributed by atoms with E-state index in [1.807, 2.05) is 24.3 Å². The lowest BCUT2D eigenvalue weighted by Crippen LogP contribution is -1.81. The number of nitrogens with zero attached hydrogens (tertiary/aromatic N) is 1. The maximum absolute atomic E-state index is 5.86. The quantitative estimate of drug-likeness (QED) is 0.534. The molecule has 0 saturated heterocycles. The van der Waals surface area contributed by atoms with Crippen molar-refractivity contribution < 1.29 is 0 Å². The first-order valence-electron chi connectivity index (χ1n) is 3.47. The Morgan fingerprint density at radius 3 is 2.92 bits per heavy atom. The van der Waals surface area contributed by atoms with Gasteiger partial charge in [0.15, 0.2) is 0 Å². The molecule has 1 nitrogen and oxygen atoms in total. The average Bonchev–Trinajstić information content (AvgIpc) is 2.07. The minimum Gasteiger partial charge on any atom is -0.250 e. The molecule has 2 rings (SSSR count). The van der Waals surface area contributed by atoms with Crippen molar-refractivity contribution in [2.45, 2.75) is 0 Å². The van der Waals surface area contributed by atoms with Crippen molar-refractivity contribution >= 4 is 45.0 Å². The summed E-state index contributed by atoms with van der Waals surface area (Å²) >= 11 is 8.06. The standard InChI is InChI=1S/C9H5ClIN/c10-7-2-1-6-3-4-12-9(11)8(6)5-7/h1-5H. The highest BCUT2D eigenvalue weighted by atomic mass is 127. The van der Waals surface area contributed by atoms with Crippen molar-refractivity contribution in [3.63, 3.8) is 0 Å². The SMILES string of the molecule is Clc1ccc2ccnc(I)c2c1. The van der Waals surface area contributed by atoms with E-state index in [9.17, 15) is 0 Å². The van der Waals surface area contributed by atoms with Crippen molar-refractivity contribution in [1.29, 1.82) is 0 Å². The molecule has 0 spiro atoms. The minimum absolute atomic E-state index is 0.758. The summed E-state index contributed by atoms with van der Waals surface area (Å²) < 4.78 is 0.993. The van der Waals surface area contributed by atoms with Crippen molar-refractivity contribution in [2.24, 2.45) is 0 Å². The van der Waals surface area contributed by atoms with Crippen molar-refractivity contribution in [3.05, 3.63) is 39.2 Å². The summed E-state index contributed by atoms with van der Waals surface area (Å²) in [5.74, 6) is 0. The van der Waals surface area contributed by atoms with Crippen LogP contribution in [-0.2, 0) is 0 Å². The number of hydrogen-bond acceptors (Lipinski definition) is 1. The van der Waals surface area contributed by atoms with Crippen molar-refractivity contribution in [2.75, 3.05) is 0 Å². The molecule has 0 aliphatic rings. The molecule has 0 unspecified atom stereocenters. The molecular formula is C9H5ClIN. The van der Waals surface area contributed by atoms with Gasteiger partial charge >= 0.3 is 0 Å². The van der Waals surface area contributed by atoms with Gasteiger partial charge in [-0.2, -0.15) is 0 Å². The second-order valence-electron chi connectivity index (χ2n) is 2.47. The van der Waals surface area contributed by atoms with Crippen LogP contribution in [0.1, 0.15) is 0 Å². The molecule has 0 radical (unpaired) electrons. The Bertz CT molecular complexity index is 428. The van der Waals surface area contributed by atoms with E-state index >= 15 is 0 Å². The van der Waals surface area contributed by atoms with Gasteiger partial charge in [0, 0.05) is 16.6 Å². The summed E-state index contributed by atoms with van der Waals surface area (Å²) in [7, 11) is 0. The lowest BCUT2D eigenvalue weighted by molar-refractivity contribution is 1.31. The molecule has 2 aromatic rings. The summed E-state index contributed by atoms with van der Waals surface area (Å²) in [6.45, 7) is 0. The van der Waals surface area contributed by atoms with Gasteiger partial charge in [-0.1, -0.05) is 17.7 Å². The van der Waals surface area contributed by atoms with Crippen molar-refractivity contribution in [1.82, 2.24) is 4.98 Å². The summed E-state index contributed by atoms with van der Waals surface area (Å²) in [5.41, 5.74) is 0. The lowest BCUT2D eigenvalue weighted by Gasteiger charge is -1.98. The molecule has 0 N–H and O–H groups in total. The van der Waals surface area contributed by atoms with Gasteiger partial charge in [0.05, 0.1) is 0 Å². The third-order valence-corrected chi connectivity index (χ3v) is 2.77. The second-order valence-corrected chi connectivity index (χ2v) is 3.93. The number of halogens is 2. The fraction of sp³-hybridized carbons (Fsp3) is 0. The molecule has 1 heterocycles. The first-order valence-corrected chi connectivity index (χ1v) is 4.93. The van der Waals surface area contributed by atoms with E-state index < -0.39 is 0 Å². The third kappa shape index (κ3) is 1.41. The Hall–Kier alpha value is -0.350. The minimum atomic E-state index is 0.758. The number of pyridine rings is 1. The number of benzene rings is 1. The van der Waals surface area contributed by atoms with Crippen LogP contribution in [0, 0.1) is 3.70 Å². The van der Waals surface area contributed by atoms with Crippen LogP contribution < -0.4 is 0 Å². The van der Waals surface area contributed by atoms with Gasteiger partial charge in [0.1, 0.15) is 3.70 Å². The van der Waals surface area contributed by atoms with Crippen LogP contribution in [0.25, 0.3) is 10.8 Å². The van der Waals surface area contributed by atoms with Crippen LogP contribution in [0.5, 0.6) is 0 Å². The van der Waals surface area contributed by atoms with Crippen LogP contribution in [-0.4, -0.2) is 4.98 Å². The van der Waals surface area contributed by atoms with E-state index in [4.69, 9.17) is 11.6 Å². The fourth-order valence-corrected chi connectivity index (χ4v) is 1.91. The Morgan fingerprint density at radius 1 is 1.25 bits per heavy atom. The van der Waals surface area contributed by atoms with Gasteiger partial charge < -0.3 is 0 Å². The van der Waals surface area contributed by atoms with Gasteiger partial charge in [-0.05, 0) is 46.2 Å². The zero-order valence-corrected chi connectivity index (χ0v) is 9.00. The maximum atomic E-state index is 5.86. The largest absolute Gasteiger partial charge is 0.250 e. The molecule has 12 heavy (non-hydrogen) atoms. The van der Waals surface area contributed by atoms with Gasteiger partial charge in [-0.15, -0.1) is 0 Å². The van der Waals surface area contributed by atoms with Crippen LogP contribution in [0.15, 0.2) is 30.5 Å². The first kappa shape index (κ1) is 8.26. The summed E-state index contributed by atoms with van der Waals surface area (Å²) in [6.07, 6.45) is 1.80. The van der Waals surface area contributed by atoms with E-state index in [1.54, 1.807) is 6.20 Å². The first-order chi connectivity index (χ1) is 5.77. The number of hydrogen-bond donors (Lipinski definition) is 0. The Morgan fingerprint density at radius 2 is 2.08 bits per heavy atom. The monoisotopic (exact) mass is 289 g/mol. The zero-order valence-electron chi connectivity index (χ0n) is 6.09. The predicted molar refractivity (Wildman–Crippen MR) is 59.5 cm³/mol. The molecule has 0 aliphatic carbocycles. The van der Waals surface area contributed by atoms with E-state index in [-0.39, 0.29) is 0 Å². The van der Waals surface area contributed by atoms with E-state index in [0.717, 1.165) is 14.1 Å². The Balaban J connectivity index is 2.88. The molecule has 3 heteroatoms. The molecule has 1 aromatic carbocycles. The van der Waals surface area contributed by atoms with Gasteiger partial charge in [-0.3, -0.25) is 0 Å². The molecule has 1 aromatic heterocycles. The molecule has 0 saturated carbocycles. The van der Waals surface area contributed by atoms with Gasteiger partial charge in [0.25, 0.3) is 0 Å². The highest BCUT2D eigenvalue weighted by Crippen LogP contribution is 2.21. The number of fused-ring (bicyclic) bond motifs is 1. The van der Waals surface area contributed by atoms with Gasteiger partial charge in [0.2, 0.25) is 0 Å². The van der Waals surface area contributed by atoms with Gasteiger partial charge in [-0.25, -0.2) is 4.98 Å².